The van der Waals surface area contributed by atoms with E-state index in [0.717, 1.165) is 6.42 Å². The first-order chi connectivity index (χ1) is 7.68. The van der Waals surface area contributed by atoms with Gasteiger partial charge in [0.25, 0.3) is 5.91 Å². The highest BCUT2D eigenvalue weighted by Gasteiger charge is 2.02. The van der Waals surface area contributed by atoms with Crippen molar-refractivity contribution in [3.63, 3.8) is 0 Å². The number of hydrogen-bond acceptors (Lipinski definition) is 2. The summed E-state index contributed by atoms with van der Waals surface area (Å²) in [7, 11) is 0. The molecule has 0 aliphatic heterocycles. The van der Waals surface area contributed by atoms with E-state index in [4.69, 9.17) is 16.3 Å². The molecule has 0 saturated carbocycles. The average molecular weight is 242 g/mol. The van der Waals surface area contributed by atoms with Crippen molar-refractivity contribution in [3.8, 4) is 5.75 Å². The number of hydrogen-bond donors (Lipinski definition) is 1. The van der Waals surface area contributed by atoms with E-state index in [1.54, 1.807) is 0 Å². The number of ether oxygens (including phenoxy) is 1. The Morgan fingerprint density at radius 1 is 1.44 bits per heavy atom. The van der Waals surface area contributed by atoms with Crippen LogP contribution in [0.3, 0.4) is 0 Å². The van der Waals surface area contributed by atoms with E-state index in [1.807, 2.05) is 37.3 Å². The zero-order chi connectivity index (χ0) is 11.8. The summed E-state index contributed by atoms with van der Waals surface area (Å²) in [6.07, 6.45) is 0.763. The van der Waals surface area contributed by atoms with E-state index >= 15 is 0 Å². The highest BCUT2D eigenvalue weighted by Crippen LogP contribution is 2.07. The van der Waals surface area contributed by atoms with Gasteiger partial charge in [-0.05, 0) is 25.5 Å². The van der Waals surface area contributed by atoms with Gasteiger partial charge in [-0.1, -0.05) is 18.2 Å². The number of halogens is 1. The van der Waals surface area contributed by atoms with E-state index in [9.17, 15) is 4.79 Å². The molecule has 0 aromatic heterocycles. The Labute approximate surface area is 101 Å². The maximum Gasteiger partial charge on any atom is 0.257 e. The van der Waals surface area contributed by atoms with Crippen LogP contribution in [0.2, 0.25) is 0 Å². The molecule has 0 heterocycles. The van der Waals surface area contributed by atoms with Crippen molar-refractivity contribution in [3.05, 3.63) is 30.3 Å². The Balaban J connectivity index is 2.16. The summed E-state index contributed by atoms with van der Waals surface area (Å²) in [5, 5.41) is 2.81. The molecule has 88 valence electrons. The van der Waals surface area contributed by atoms with E-state index in [2.05, 4.69) is 5.32 Å². The standard InChI is InChI=1S/C12H16ClNO2/c1-10(13)7-8-14-12(15)9-16-11-5-3-2-4-6-11/h2-6,10H,7-9H2,1H3,(H,14,15). The van der Waals surface area contributed by atoms with Crippen LogP contribution in [-0.2, 0) is 4.79 Å². The lowest BCUT2D eigenvalue weighted by molar-refractivity contribution is -0.123. The van der Waals surface area contributed by atoms with Crippen LogP contribution in [0.4, 0.5) is 0 Å². The summed E-state index contributed by atoms with van der Waals surface area (Å²) in [4.78, 5) is 11.3. The van der Waals surface area contributed by atoms with Gasteiger partial charge >= 0.3 is 0 Å². The second-order valence-corrected chi connectivity index (χ2v) is 4.27. The molecular weight excluding hydrogens is 226 g/mol. The van der Waals surface area contributed by atoms with Crippen LogP contribution in [0.25, 0.3) is 0 Å². The lowest BCUT2D eigenvalue weighted by Crippen LogP contribution is -2.30. The number of benzene rings is 1. The topological polar surface area (TPSA) is 38.3 Å². The number of para-hydroxylation sites is 1. The second-order valence-electron chi connectivity index (χ2n) is 3.52. The zero-order valence-electron chi connectivity index (χ0n) is 9.28. The van der Waals surface area contributed by atoms with Crippen LogP contribution < -0.4 is 10.1 Å². The first kappa shape index (κ1) is 12.8. The van der Waals surface area contributed by atoms with Crippen molar-refractivity contribution >= 4 is 17.5 Å². The smallest absolute Gasteiger partial charge is 0.257 e. The molecular formula is C12H16ClNO2. The third-order valence-corrected chi connectivity index (χ3v) is 2.20. The number of carbonyl (C=O) groups is 1. The summed E-state index contributed by atoms with van der Waals surface area (Å²) in [6, 6.07) is 9.25. The van der Waals surface area contributed by atoms with Crippen LogP contribution in [0.5, 0.6) is 5.75 Å². The van der Waals surface area contributed by atoms with E-state index < -0.39 is 0 Å². The lowest BCUT2D eigenvalue weighted by atomic mass is 10.3. The molecule has 0 aliphatic rings. The number of nitrogens with one attached hydrogen (secondary N) is 1. The summed E-state index contributed by atoms with van der Waals surface area (Å²) in [5.74, 6) is 0.574. The molecule has 1 rings (SSSR count). The van der Waals surface area contributed by atoms with Crippen LogP contribution in [0, 0.1) is 0 Å². The number of amides is 1. The number of alkyl halides is 1. The minimum atomic E-state index is -0.124. The van der Waals surface area contributed by atoms with Crippen molar-refractivity contribution < 1.29 is 9.53 Å². The molecule has 16 heavy (non-hydrogen) atoms. The molecule has 3 nitrogen and oxygen atoms in total. The average Bonchev–Trinajstić information content (AvgIpc) is 2.27. The van der Waals surface area contributed by atoms with Crippen LogP contribution in [-0.4, -0.2) is 24.4 Å². The van der Waals surface area contributed by atoms with Crippen molar-refractivity contribution in [2.24, 2.45) is 0 Å². The first-order valence-electron chi connectivity index (χ1n) is 5.27. The Kier molecular flexibility index (Phi) is 5.72. The Hall–Kier alpha value is -1.22. The molecule has 1 aromatic carbocycles. The van der Waals surface area contributed by atoms with Gasteiger partial charge in [-0.25, -0.2) is 0 Å². The fourth-order valence-corrected chi connectivity index (χ4v) is 1.24. The normalized spacial score (nSPS) is 11.9. The van der Waals surface area contributed by atoms with Crippen LogP contribution >= 0.6 is 11.6 Å². The molecule has 1 aromatic rings. The molecule has 1 atom stereocenters. The third kappa shape index (κ3) is 5.61. The predicted molar refractivity (Wildman–Crippen MR) is 64.9 cm³/mol. The van der Waals surface area contributed by atoms with Gasteiger partial charge in [-0.3, -0.25) is 4.79 Å². The quantitative estimate of drug-likeness (QED) is 0.776. The molecule has 0 radical (unpaired) electrons. The van der Waals surface area contributed by atoms with Crippen molar-refractivity contribution in [2.45, 2.75) is 18.7 Å². The molecule has 4 heteroatoms. The van der Waals surface area contributed by atoms with Crippen molar-refractivity contribution in [1.29, 1.82) is 0 Å². The van der Waals surface area contributed by atoms with E-state index in [-0.39, 0.29) is 17.9 Å². The molecule has 1 amide bonds. The maximum absolute atomic E-state index is 11.3. The number of carbonyl (C=O) groups excluding carboxylic acids is 1. The SMILES string of the molecule is CC(Cl)CCNC(=O)COc1ccccc1. The zero-order valence-corrected chi connectivity index (χ0v) is 10.0. The molecule has 0 bridgehead atoms. The fraction of sp³-hybridized carbons (Fsp3) is 0.417. The largest absolute Gasteiger partial charge is 0.484 e. The number of rotatable bonds is 6. The minimum absolute atomic E-state index is 0.0423. The van der Waals surface area contributed by atoms with Crippen molar-refractivity contribution in [2.75, 3.05) is 13.2 Å². The van der Waals surface area contributed by atoms with Gasteiger partial charge in [0.1, 0.15) is 5.75 Å². The van der Waals surface area contributed by atoms with E-state index in [1.165, 1.54) is 0 Å². The first-order valence-corrected chi connectivity index (χ1v) is 5.70. The van der Waals surface area contributed by atoms with E-state index in [0.29, 0.717) is 12.3 Å². The summed E-state index contributed by atoms with van der Waals surface area (Å²) in [6.45, 7) is 2.52. The Bertz CT molecular complexity index is 314. The van der Waals surface area contributed by atoms with Crippen molar-refractivity contribution in [1.82, 2.24) is 5.32 Å². The molecule has 1 unspecified atom stereocenters. The van der Waals surface area contributed by atoms with Gasteiger partial charge in [0.15, 0.2) is 6.61 Å². The summed E-state index contributed by atoms with van der Waals surface area (Å²) in [5.41, 5.74) is 0. The van der Waals surface area contributed by atoms with Gasteiger partial charge in [0.2, 0.25) is 0 Å². The summed E-state index contributed by atoms with van der Waals surface area (Å²) < 4.78 is 5.28. The van der Waals surface area contributed by atoms with Gasteiger partial charge in [-0.2, -0.15) is 0 Å². The second kappa shape index (κ2) is 7.12. The molecule has 0 aliphatic carbocycles. The van der Waals surface area contributed by atoms with Gasteiger partial charge in [0, 0.05) is 11.9 Å². The molecule has 0 fully saturated rings. The minimum Gasteiger partial charge on any atom is -0.484 e. The highest BCUT2D eigenvalue weighted by atomic mass is 35.5. The molecule has 0 spiro atoms. The Morgan fingerprint density at radius 2 is 2.12 bits per heavy atom. The molecule has 1 N–H and O–H groups in total. The lowest BCUT2D eigenvalue weighted by Gasteiger charge is -2.07. The monoisotopic (exact) mass is 241 g/mol. The van der Waals surface area contributed by atoms with Crippen LogP contribution in [0.15, 0.2) is 30.3 Å². The fourth-order valence-electron chi connectivity index (χ4n) is 1.13. The van der Waals surface area contributed by atoms with Gasteiger partial charge < -0.3 is 10.1 Å². The third-order valence-electron chi connectivity index (χ3n) is 1.98. The molecule has 0 saturated heterocycles. The van der Waals surface area contributed by atoms with Crippen LogP contribution in [0.1, 0.15) is 13.3 Å². The van der Waals surface area contributed by atoms with Gasteiger partial charge in [-0.15, -0.1) is 11.6 Å². The maximum atomic E-state index is 11.3. The Morgan fingerprint density at radius 3 is 2.75 bits per heavy atom. The highest BCUT2D eigenvalue weighted by molar-refractivity contribution is 6.20. The summed E-state index contributed by atoms with van der Waals surface area (Å²) >= 11 is 5.75. The predicted octanol–water partition coefficient (Wildman–Crippen LogP) is 2.20. The van der Waals surface area contributed by atoms with Gasteiger partial charge in [0.05, 0.1) is 0 Å².